The first-order valence-electron chi connectivity index (χ1n) is 6.18. The molecule has 0 fully saturated rings. The molecule has 2 nitrogen and oxygen atoms in total. The number of rotatable bonds is 5. The molecule has 0 radical (unpaired) electrons. The Kier molecular flexibility index (Phi) is 6.66. The van der Waals surface area contributed by atoms with Crippen molar-refractivity contribution in [2.45, 2.75) is 12.8 Å². The third-order valence-corrected chi connectivity index (χ3v) is 5.00. The number of halogens is 3. The molecular weight excluding hydrogens is 591 g/mol. The van der Waals surface area contributed by atoms with Crippen LogP contribution in [0.3, 0.4) is 0 Å². The molecule has 2 N–H and O–H groups in total. The average Bonchev–Trinajstić information content (AvgIpc) is 2.36. The Hall–Kier alpha value is 0.230. The maximum Gasteiger partial charge on any atom is 0.145 e. The fourth-order valence-corrected chi connectivity index (χ4v) is 5.76. The van der Waals surface area contributed by atoms with Gasteiger partial charge in [-0.25, -0.2) is 0 Å². The molecule has 2 aromatic carbocycles. The Labute approximate surface area is 160 Å². The molecule has 2 aromatic rings. The van der Waals surface area contributed by atoms with Crippen LogP contribution in [0.25, 0.3) is 0 Å². The van der Waals surface area contributed by atoms with Crippen molar-refractivity contribution in [1.29, 1.82) is 0 Å². The summed E-state index contributed by atoms with van der Waals surface area (Å²) in [5.74, 6) is 0.999. The number of hydrogen-bond donors (Lipinski definition) is 1. The molecule has 0 aliphatic carbocycles. The maximum absolute atomic E-state index is 5.92. The lowest BCUT2D eigenvalue weighted by Gasteiger charge is -2.11. The van der Waals surface area contributed by atoms with E-state index >= 15 is 0 Å². The number of hydrogen-bond acceptors (Lipinski definition) is 2. The molecule has 2 rings (SSSR count). The summed E-state index contributed by atoms with van der Waals surface area (Å²) in [6, 6.07) is 12.3. The average molecular weight is 605 g/mol. The highest BCUT2D eigenvalue weighted by atomic mass is 127. The van der Waals surface area contributed by atoms with E-state index in [9.17, 15) is 0 Å². The van der Waals surface area contributed by atoms with Crippen LogP contribution in [0.15, 0.2) is 36.4 Å². The number of benzene rings is 2. The van der Waals surface area contributed by atoms with Gasteiger partial charge in [0.1, 0.15) is 5.75 Å². The first kappa shape index (κ1) is 16.6. The van der Waals surface area contributed by atoms with Crippen molar-refractivity contribution in [3.8, 4) is 5.75 Å². The van der Waals surface area contributed by atoms with Crippen LogP contribution >= 0.6 is 67.8 Å². The van der Waals surface area contributed by atoms with Crippen LogP contribution in [-0.4, -0.2) is 6.61 Å². The predicted octanol–water partition coefficient (Wildman–Crippen LogP) is 5.09. The minimum Gasteiger partial charge on any atom is -0.491 e. The summed E-state index contributed by atoms with van der Waals surface area (Å²) in [6.45, 7) is 0.724. The number of nitrogens with two attached hydrogens (primary N) is 1. The van der Waals surface area contributed by atoms with Gasteiger partial charge in [0.05, 0.1) is 13.7 Å². The highest BCUT2D eigenvalue weighted by Crippen LogP contribution is 2.29. The lowest BCUT2D eigenvalue weighted by Crippen LogP contribution is -2.03. The Bertz CT molecular complexity index is 578. The highest BCUT2D eigenvalue weighted by Gasteiger charge is 2.07. The Morgan fingerprint density at radius 3 is 2.35 bits per heavy atom. The van der Waals surface area contributed by atoms with Crippen LogP contribution in [0.1, 0.15) is 12.0 Å². The summed E-state index contributed by atoms with van der Waals surface area (Å²) in [5, 5.41) is 0. The fourth-order valence-electron chi connectivity index (χ4n) is 1.87. The zero-order chi connectivity index (χ0) is 14.5. The van der Waals surface area contributed by atoms with Gasteiger partial charge in [0.2, 0.25) is 0 Å². The van der Waals surface area contributed by atoms with Gasteiger partial charge >= 0.3 is 0 Å². The molecule has 0 heterocycles. The molecule has 106 valence electrons. The third kappa shape index (κ3) is 4.90. The van der Waals surface area contributed by atoms with Gasteiger partial charge < -0.3 is 10.5 Å². The fraction of sp³-hybridized carbons (Fsp3) is 0.200. The number of ether oxygens (including phenoxy) is 1. The molecule has 0 saturated heterocycles. The molecule has 0 atom stereocenters. The van der Waals surface area contributed by atoms with E-state index in [1.54, 1.807) is 0 Å². The van der Waals surface area contributed by atoms with Crippen LogP contribution in [-0.2, 0) is 6.42 Å². The van der Waals surface area contributed by atoms with Gasteiger partial charge in [-0.15, -0.1) is 0 Å². The molecule has 5 heteroatoms. The minimum absolute atomic E-state index is 0.724. The lowest BCUT2D eigenvalue weighted by atomic mass is 10.1. The van der Waals surface area contributed by atoms with Crippen molar-refractivity contribution >= 4 is 73.5 Å². The third-order valence-electron chi connectivity index (χ3n) is 2.77. The van der Waals surface area contributed by atoms with Gasteiger partial charge in [-0.05, 0) is 110 Å². The second kappa shape index (κ2) is 8.02. The second-order valence-electron chi connectivity index (χ2n) is 4.40. The summed E-state index contributed by atoms with van der Waals surface area (Å²) in [4.78, 5) is 0. The second-order valence-corrected chi connectivity index (χ2v) is 7.97. The molecule has 0 aliphatic heterocycles. The van der Waals surface area contributed by atoms with Gasteiger partial charge in [-0.2, -0.15) is 0 Å². The first-order valence-corrected chi connectivity index (χ1v) is 9.41. The van der Waals surface area contributed by atoms with E-state index in [0.29, 0.717) is 0 Å². The Morgan fingerprint density at radius 1 is 1.00 bits per heavy atom. The first-order chi connectivity index (χ1) is 9.56. The van der Waals surface area contributed by atoms with Crippen molar-refractivity contribution in [2.75, 3.05) is 12.3 Å². The molecule has 0 aliphatic rings. The van der Waals surface area contributed by atoms with Crippen LogP contribution in [0, 0.1) is 10.7 Å². The monoisotopic (exact) mass is 605 g/mol. The van der Waals surface area contributed by atoms with Gasteiger partial charge in [-0.3, -0.25) is 0 Å². The molecule has 0 bridgehead atoms. The van der Waals surface area contributed by atoms with Crippen molar-refractivity contribution in [3.05, 3.63) is 52.7 Å². The standard InChI is InChI=1S/C15H14I3NO/c16-11-8-13(17)15(14(18)9-11)20-6-2-4-10-3-1-5-12(19)7-10/h1,3,5,7-9H,2,4,6,19H2. The molecule has 0 unspecified atom stereocenters. The molecule has 0 aromatic heterocycles. The molecule has 20 heavy (non-hydrogen) atoms. The van der Waals surface area contributed by atoms with E-state index < -0.39 is 0 Å². The van der Waals surface area contributed by atoms with Gasteiger partial charge in [0, 0.05) is 9.26 Å². The smallest absolute Gasteiger partial charge is 0.145 e. The number of aryl methyl sites for hydroxylation is 1. The summed E-state index contributed by atoms with van der Waals surface area (Å²) in [7, 11) is 0. The highest BCUT2D eigenvalue weighted by molar-refractivity contribution is 14.1. The van der Waals surface area contributed by atoms with Crippen LogP contribution in [0.5, 0.6) is 5.75 Å². The van der Waals surface area contributed by atoms with E-state index in [1.165, 1.54) is 16.3 Å². The number of nitrogen functional groups attached to an aromatic ring is 1. The van der Waals surface area contributed by atoms with Crippen LogP contribution in [0.4, 0.5) is 5.69 Å². The van der Waals surface area contributed by atoms with Crippen molar-refractivity contribution < 1.29 is 4.74 Å². The van der Waals surface area contributed by atoms with E-state index in [1.807, 2.05) is 18.2 Å². The van der Waals surface area contributed by atoms with E-state index in [-0.39, 0.29) is 0 Å². The summed E-state index contributed by atoms with van der Waals surface area (Å²) in [6.07, 6.45) is 1.98. The normalized spacial score (nSPS) is 10.6. The predicted molar refractivity (Wildman–Crippen MR) is 109 cm³/mol. The van der Waals surface area contributed by atoms with Gasteiger partial charge in [-0.1, -0.05) is 12.1 Å². The van der Waals surface area contributed by atoms with Crippen molar-refractivity contribution in [3.63, 3.8) is 0 Å². The Balaban J connectivity index is 1.88. The molecule has 0 spiro atoms. The molecule has 0 saturated carbocycles. The molecule has 0 amide bonds. The Morgan fingerprint density at radius 2 is 1.70 bits per heavy atom. The van der Waals surface area contributed by atoms with E-state index in [2.05, 4.69) is 86.0 Å². The van der Waals surface area contributed by atoms with E-state index in [4.69, 9.17) is 10.5 Å². The zero-order valence-electron chi connectivity index (χ0n) is 10.7. The minimum atomic E-state index is 0.724. The lowest BCUT2D eigenvalue weighted by molar-refractivity contribution is 0.306. The topological polar surface area (TPSA) is 35.2 Å². The largest absolute Gasteiger partial charge is 0.491 e. The SMILES string of the molecule is Nc1cccc(CCCOc2c(I)cc(I)cc2I)c1. The summed E-state index contributed by atoms with van der Waals surface area (Å²) < 4.78 is 9.50. The van der Waals surface area contributed by atoms with Gasteiger partial charge in [0.15, 0.2) is 0 Å². The molecular formula is C15H14I3NO. The summed E-state index contributed by atoms with van der Waals surface area (Å²) in [5.41, 5.74) is 7.86. The quantitative estimate of drug-likeness (QED) is 0.293. The van der Waals surface area contributed by atoms with Crippen LogP contribution in [0.2, 0.25) is 0 Å². The zero-order valence-corrected chi connectivity index (χ0v) is 17.2. The van der Waals surface area contributed by atoms with E-state index in [0.717, 1.165) is 30.9 Å². The summed E-state index contributed by atoms with van der Waals surface area (Å²) >= 11 is 6.98. The number of anilines is 1. The van der Waals surface area contributed by atoms with Gasteiger partial charge in [0.25, 0.3) is 0 Å². The maximum atomic E-state index is 5.92. The van der Waals surface area contributed by atoms with Crippen molar-refractivity contribution in [1.82, 2.24) is 0 Å². The van der Waals surface area contributed by atoms with Crippen LogP contribution < -0.4 is 10.5 Å². The van der Waals surface area contributed by atoms with Crippen molar-refractivity contribution in [2.24, 2.45) is 0 Å².